The number of carboxylic acids is 1. The maximum Gasteiger partial charge on any atom is 0.387 e. The average molecular weight is 432 g/mol. The number of aliphatic carboxylic acids is 1. The highest BCUT2D eigenvalue weighted by atomic mass is 35.5. The molecular weight excluding hydrogens is 419 g/mol. The summed E-state index contributed by atoms with van der Waals surface area (Å²) in [5, 5.41) is 11.8. The fourth-order valence-electron chi connectivity index (χ4n) is 2.83. The second kappa shape index (κ2) is 8.30. The molecule has 28 heavy (non-hydrogen) atoms. The topological polar surface area (TPSA) is 84.9 Å². The predicted molar refractivity (Wildman–Crippen MR) is 97.1 cm³/mol. The number of fused-ring (bicyclic) bond motifs is 1. The van der Waals surface area contributed by atoms with E-state index in [0.717, 1.165) is 0 Å². The first-order valence-corrected chi connectivity index (χ1v) is 8.72. The summed E-state index contributed by atoms with van der Waals surface area (Å²) in [6, 6.07) is 8.77. The van der Waals surface area contributed by atoms with Gasteiger partial charge in [0.2, 0.25) is 0 Å². The standard InChI is InChI=1S/C18H13Cl2F2NO5/c19-8-4-5-11-10(6-8)16(27-13(7-14(24)25)17(26)23-11)9-2-1-3-12(15(9)20)28-18(21)22/h1-6,13,16,18H,7H2,(H,23,26)(H,24,25)/t13-,16-/m0/s1. The first-order valence-electron chi connectivity index (χ1n) is 7.97. The minimum atomic E-state index is -3.09. The first kappa shape index (κ1) is 20.3. The van der Waals surface area contributed by atoms with Crippen LogP contribution in [-0.4, -0.2) is 29.7 Å². The number of amides is 1. The van der Waals surface area contributed by atoms with Crippen LogP contribution < -0.4 is 10.1 Å². The Morgan fingerprint density at radius 1 is 1.25 bits per heavy atom. The number of hydrogen-bond donors (Lipinski definition) is 2. The Balaban J connectivity index is 2.12. The molecule has 148 valence electrons. The van der Waals surface area contributed by atoms with E-state index in [9.17, 15) is 18.4 Å². The molecule has 0 spiro atoms. The molecule has 0 unspecified atom stereocenters. The number of rotatable bonds is 5. The maximum absolute atomic E-state index is 12.6. The van der Waals surface area contributed by atoms with Crippen molar-refractivity contribution in [3.63, 3.8) is 0 Å². The van der Waals surface area contributed by atoms with Crippen LogP contribution in [0.5, 0.6) is 5.75 Å². The van der Waals surface area contributed by atoms with Crippen LogP contribution in [0.4, 0.5) is 14.5 Å². The van der Waals surface area contributed by atoms with Gasteiger partial charge in [0.15, 0.2) is 0 Å². The number of nitrogens with one attached hydrogen (secondary N) is 1. The highest BCUT2D eigenvalue weighted by Crippen LogP contribution is 2.42. The molecule has 2 aromatic carbocycles. The van der Waals surface area contributed by atoms with Crippen molar-refractivity contribution in [2.75, 3.05) is 5.32 Å². The molecule has 0 aliphatic carbocycles. The number of alkyl halides is 2. The lowest BCUT2D eigenvalue weighted by Gasteiger charge is -2.23. The number of benzene rings is 2. The van der Waals surface area contributed by atoms with Crippen molar-refractivity contribution < 1.29 is 33.0 Å². The van der Waals surface area contributed by atoms with Gasteiger partial charge in [-0.25, -0.2) is 0 Å². The van der Waals surface area contributed by atoms with Crippen molar-refractivity contribution in [2.45, 2.75) is 25.2 Å². The third-order valence-corrected chi connectivity index (χ3v) is 4.64. The minimum absolute atomic E-state index is 0.151. The van der Waals surface area contributed by atoms with Gasteiger partial charge >= 0.3 is 12.6 Å². The highest BCUT2D eigenvalue weighted by molar-refractivity contribution is 6.33. The molecule has 3 rings (SSSR count). The fraction of sp³-hybridized carbons (Fsp3) is 0.222. The van der Waals surface area contributed by atoms with Crippen molar-refractivity contribution in [1.29, 1.82) is 0 Å². The fourth-order valence-corrected chi connectivity index (χ4v) is 3.28. The monoisotopic (exact) mass is 431 g/mol. The van der Waals surface area contributed by atoms with E-state index >= 15 is 0 Å². The number of carboxylic acid groups (broad SMARTS) is 1. The molecule has 1 heterocycles. The van der Waals surface area contributed by atoms with E-state index in [0.29, 0.717) is 16.3 Å². The summed E-state index contributed by atoms with van der Waals surface area (Å²) in [6.07, 6.45) is -3.00. The Hall–Kier alpha value is -2.42. The minimum Gasteiger partial charge on any atom is -0.481 e. The van der Waals surface area contributed by atoms with Gasteiger partial charge in [-0.3, -0.25) is 9.59 Å². The Morgan fingerprint density at radius 3 is 2.68 bits per heavy atom. The highest BCUT2D eigenvalue weighted by Gasteiger charge is 2.34. The summed E-state index contributed by atoms with van der Waals surface area (Å²) in [5.74, 6) is -2.19. The smallest absolute Gasteiger partial charge is 0.387 e. The normalized spacial score (nSPS) is 19.0. The molecule has 2 N–H and O–H groups in total. The van der Waals surface area contributed by atoms with Crippen LogP contribution in [0.1, 0.15) is 23.7 Å². The third kappa shape index (κ3) is 4.35. The van der Waals surface area contributed by atoms with E-state index in [4.69, 9.17) is 33.0 Å². The van der Waals surface area contributed by atoms with E-state index in [2.05, 4.69) is 10.1 Å². The van der Waals surface area contributed by atoms with Crippen LogP contribution in [0.2, 0.25) is 10.0 Å². The summed E-state index contributed by atoms with van der Waals surface area (Å²) in [6.45, 7) is -3.09. The number of ether oxygens (including phenoxy) is 2. The van der Waals surface area contributed by atoms with Crippen molar-refractivity contribution >= 4 is 40.8 Å². The summed E-state index contributed by atoms with van der Waals surface area (Å²) in [4.78, 5) is 23.5. The van der Waals surface area contributed by atoms with Crippen LogP contribution in [0, 0.1) is 0 Å². The molecule has 1 amide bonds. The summed E-state index contributed by atoms with van der Waals surface area (Å²) < 4.78 is 35.4. The molecule has 0 radical (unpaired) electrons. The van der Waals surface area contributed by atoms with Crippen LogP contribution >= 0.6 is 23.2 Å². The van der Waals surface area contributed by atoms with E-state index in [1.165, 1.54) is 36.4 Å². The van der Waals surface area contributed by atoms with Gasteiger partial charge in [-0.05, 0) is 24.3 Å². The first-order chi connectivity index (χ1) is 13.3. The van der Waals surface area contributed by atoms with Gasteiger partial charge in [0, 0.05) is 21.8 Å². The molecule has 0 bridgehead atoms. The van der Waals surface area contributed by atoms with Gasteiger partial charge in [-0.1, -0.05) is 35.3 Å². The largest absolute Gasteiger partial charge is 0.481 e. The van der Waals surface area contributed by atoms with Gasteiger partial charge in [0.05, 0.1) is 11.4 Å². The zero-order valence-corrected chi connectivity index (χ0v) is 15.5. The molecule has 0 fully saturated rings. The summed E-state index contributed by atoms with van der Waals surface area (Å²) in [5.41, 5.74) is 0.948. The van der Waals surface area contributed by atoms with E-state index in [-0.39, 0.29) is 16.3 Å². The van der Waals surface area contributed by atoms with E-state index < -0.39 is 37.1 Å². The molecule has 1 aliphatic rings. The van der Waals surface area contributed by atoms with E-state index in [1.807, 2.05) is 0 Å². The lowest BCUT2D eigenvalue weighted by Crippen LogP contribution is -2.31. The zero-order valence-electron chi connectivity index (χ0n) is 14.0. The van der Waals surface area contributed by atoms with Crippen molar-refractivity contribution in [3.05, 3.63) is 57.6 Å². The van der Waals surface area contributed by atoms with Gasteiger partial charge in [-0.2, -0.15) is 8.78 Å². The summed E-state index contributed by atoms with van der Waals surface area (Å²) >= 11 is 12.3. The van der Waals surface area contributed by atoms with E-state index in [1.54, 1.807) is 0 Å². The predicted octanol–water partition coefficient (Wildman–Crippen LogP) is 4.50. The maximum atomic E-state index is 12.6. The molecule has 2 aromatic rings. The van der Waals surface area contributed by atoms with Crippen molar-refractivity contribution in [1.82, 2.24) is 0 Å². The van der Waals surface area contributed by atoms with Crippen LogP contribution in [0.15, 0.2) is 36.4 Å². The van der Waals surface area contributed by atoms with Gasteiger partial charge < -0.3 is 19.9 Å². The molecule has 0 saturated carbocycles. The Bertz CT molecular complexity index is 925. The number of hydrogen-bond acceptors (Lipinski definition) is 4. The number of anilines is 1. The lowest BCUT2D eigenvalue weighted by molar-refractivity contribution is -0.146. The molecule has 1 aliphatic heterocycles. The average Bonchev–Trinajstić information content (AvgIpc) is 2.73. The Labute approximate surface area is 168 Å². The Morgan fingerprint density at radius 2 is 2.00 bits per heavy atom. The molecule has 0 saturated heterocycles. The van der Waals surface area contributed by atoms with Crippen LogP contribution in [0.25, 0.3) is 0 Å². The molecular formula is C18H13Cl2F2NO5. The van der Waals surface area contributed by atoms with Crippen LogP contribution in [-0.2, 0) is 14.3 Å². The SMILES string of the molecule is O=C(O)C[C@@H]1O[C@@H](c2cccc(OC(F)F)c2Cl)c2cc(Cl)ccc2NC1=O. The lowest BCUT2D eigenvalue weighted by atomic mass is 9.99. The van der Waals surface area contributed by atoms with Crippen molar-refractivity contribution in [2.24, 2.45) is 0 Å². The molecule has 0 aromatic heterocycles. The second-order valence-corrected chi connectivity index (χ2v) is 6.68. The zero-order chi connectivity index (χ0) is 20.4. The summed E-state index contributed by atoms with van der Waals surface area (Å²) in [7, 11) is 0. The second-order valence-electron chi connectivity index (χ2n) is 5.86. The number of halogens is 4. The van der Waals surface area contributed by atoms with Crippen LogP contribution in [0.3, 0.4) is 0 Å². The Kier molecular flexibility index (Phi) is 6.02. The van der Waals surface area contributed by atoms with Gasteiger partial charge in [0.1, 0.15) is 18.0 Å². The molecule has 6 nitrogen and oxygen atoms in total. The quantitative estimate of drug-likeness (QED) is 0.727. The van der Waals surface area contributed by atoms with Crippen molar-refractivity contribution in [3.8, 4) is 5.75 Å². The third-order valence-electron chi connectivity index (χ3n) is 4.00. The molecule has 2 atom stereocenters. The number of carbonyl (C=O) groups excluding carboxylic acids is 1. The van der Waals surface area contributed by atoms with Gasteiger partial charge in [-0.15, -0.1) is 0 Å². The van der Waals surface area contributed by atoms with Gasteiger partial charge in [0.25, 0.3) is 5.91 Å². The molecule has 10 heteroatoms. The number of carbonyl (C=O) groups is 2.